The second-order valence-corrected chi connectivity index (χ2v) is 12.8. The van der Waals surface area contributed by atoms with Crippen LogP contribution in [-0.2, 0) is 11.3 Å². The minimum absolute atomic E-state index is 0.135. The number of piperazine rings is 1. The molecule has 2 atom stereocenters. The molecule has 2 aliphatic heterocycles. The summed E-state index contributed by atoms with van der Waals surface area (Å²) in [6.07, 6.45) is -0.812. The number of aromatic nitrogens is 2. The average molecular weight is 731 g/mol. The number of likely N-dealkylation sites (tertiary alicyclic amines) is 1. The van der Waals surface area contributed by atoms with Crippen LogP contribution >= 0.6 is 0 Å². The molecule has 14 heteroatoms. The molecule has 11 nitrogen and oxygen atoms in total. The molecule has 2 aromatic heterocycles. The number of alkyl halides is 2. The molecule has 2 saturated heterocycles. The molecule has 53 heavy (non-hydrogen) atoms. The number of anilines is 1. The van der Waals surface area contributed by atoms with Crippen molar-refractivity contribution in [2.24, 2.45) is 0 Å². The van der Waals surface area contributed by atoms with E-state index in [1.807, 2.05) is 49.1 Å². The van der Waals surface area contributed by atoms with Crippen LogP contribution in [0.1, 0.15) is 65.1 Å². The zero-order valence-corrected chi connectivity index (χ0v) is 29.5. The molecular weight excluding hydrogens is 689 g/mol. The van der Waals surface area contributed by atoms with Crippen LogP contribution in [0.4, 0.5) is 23.7 Å². The lowest BCUT2D eigenvalue weighted by Crippen LogP contribution is -2.55. The highest BCUT2D eigenvalue weighted by molar-refractivity contribution is 5.99. The first kappa shape index (κ1) is 37.1. The lowest BCUT2D eigenvalue weighted by Gasteiger charge is -2.43. The number of halogens is 3. The number of carbonyl (C=O) groups is 3. The summed E-state index contributed by atoms with van der Waals surface area (Å²) in [4.78, 5) is 54.8. The van der Waals surface area contributed by atoms with Gasteiger partial charge < -0.3 is 29.5 Å². The van der Waals surface area contributed by atoms with Crippen molar-refractivity contribution in [3.63, 3.8) is 0 Å². The van der Waals surface area contributed by atoms with Crippen molar-refractivity contribution in [3.8, 4) is 17.1 Å². The molecule has 4 aromatic rings. The topological polar surface area (TPSA) is 117 Å². The molecule has 0 spiro atoms. The monoisotopic (exact) mass is 730 g/mol. The Labute approximate surface area is 305 Å². The number of nitrogens with zero attached hydrogens (tertiary/aromatic N) is 5. The summed E-state index contributed by atoms with van der Waals surface area (Å²) in [6.45, 7) is 5.57. The van der Waals surface area contributed by atoms with Crippen LogP contribution in [-0.4, -0.2) is 89.1 Å². The largest absolute Gasteiger partial charge is 0.477 e. The van der Waals surface area contributed by atoms with Crippen LogP contribution < -0.4 is 15.0 Å². The molecule has 1 N–H and O–H groups in total. The van der Waals surface area contributed by atoms with Crippen molar-refractivity contribution in [1.82, 2.24) is 25.1 Å². The molecule has 2 fully saturated rings. The Kier molecular flexibility index (Phi) is 11.8. The minimum atomic E-state index is -3.02. The van der Waals surface area contributed by atoms with E-state index in [1.54, 1.807) is 35.4 Å². The van der Waals surface area contributed by atoms with Crippen LogP contribution in [0.2, 0.25) is 0 Å². The van der Waals surface area contributed by atoms with Crippen molar-refractivity contribution < 1.29 is 37.0 Å². The Bertz CT molecular complexity index is 1930. The highest BCUT2D eigenvalue weighted by Crippen LogP contribution is 2.33. The Balaban J connectivity index is 1.23. The summed E-state index contributed by atoms with van der Waals surface area (Å²) in [6, 6.07) is 18.6. The van der Waals surface area contributed by atoms with Crippen molar-refractivity contribution >= 4 is 23.6 Å². The first-order valence-electron chi connectivity index (χ1n) is 17.7. The predicted molar refractivity (Wildman–Crippen MR) is 191 cm³/mol. The summed E-state index contributed by atoms with van der Waals surface area (Å²) in [7, 11) is 0. The third-order valence-electron chi connectivity index (χ3n) is 9.43. The average Bonchev–Trinajstić information content (AvgIpc) is 3.65. The van der Waals surface area contributed by atoms with Crippen molar-refractivity contribution in [1.29, 1.82) is 0 Å². The standard InChI is InChI=1S/C39H41F3N6O5/c1-3-28-23-46(38(50)29-13-12-26(40)21-31(29)35(41)42)19-20-48(28)33-15-14-32(30-11-8-17-43-37(30)52-4-2)45-34(33)36(49)44-27-16-18-47(22-27)39(51)53-24-25-9-6-5-7-10-25/h5-15,17,21,27-28,35H,3-4,16,18-20,22-24H2,1-2H3,(H,44,49)/t27-,28-/m1/s1. The van der Waals surface area contributed by atoms with Crippen LogP contribution in [0, 0.1) is 5.82 Å². The van der Waals surface area contributed by atoms with Gasteiger partial charge in [-0.1, -0.05) is 37.3 Å². The van der Waals surface area contributed by atoms with E-state index in [4.69, 9.17) is 14.5 Å². The maximum atomic E-state index is 14.2. The number of pyridine rings is 2. The maximum absolute atomic E-state index is 14.2. The van der Waals surface area contributed by atoms with Gasteiger partial charge in [0, 0.05) is 62.1 Å². The molecule has 278 valence electrons. The van der Waals surface area contributed by atoms with Gasteiger partial charge in [-0.25, -0.2) is 27.9 Å². The lowest BCUT2D eigenvalue weighted by molar-refractivity contribution is 0.0708. The fraction of sp³-hybridized carbons (Fsp3) is 0.359. The SMILES string of the molecule is CCOc1ncccc1-c1ccc(N2CCN(C(=O)c3ccc(F)cc3C(F)F)C[C@H]2CC)c(C(=O)N[C@@H]2CCN(C(=O)OCc3ccccc3)C2)n1. The molecule has 0 aliphatic carbocycles. The quantitative estimate of drug-likeness (QED) is 0.186. The van der Waals surface area contributed by atoms with Gasteiger partial charge in [0.25, 0.3) is 18.2 Å². The molecule has 0 saturated carbocycles. The molecule has 4 heterocycles. The zero-order chi connectivity index (χ0) is 37.5. The van der Waals surface area contributed by atoms with E-state index >= 15 is 0 Å². The summed E-state index contributed by atoms with van der Waals surface area (Å²) in [5, 5.41) is 3.06. The fourth-order valence-corrected chi connectivity index (χ4v) is 6.73. The van der Waals surface area contributed by atoms with E-state index in [2.05, 4.69) is 10.3 Å². The van der Waals surface area contributed by atoms with Gasteiger partial charge in [-0.15, -0.1) is 0 Å². The van der Waals surface area contributed by atoms with Crippen LogP contribution in [0.3, 0.4) is 0 Å². The van der Waals surface area contributed by atoms with E-state index in [9.17, 15) is 27.6 Å². The van der Waals surface area contributed by atoms with E-state index in [0.717, 1.165) is 17.7 Å². The molecule has 0 radical (unpaired) electrons. The summed E-state index contributed by atoms with van der Waals surface area (Å²) >= 11 is 0. The first-order valence-corrected chi connectivity index (χ1v) is 17.7. The number of carbonyl (C=O) groups excluding carboxylic acids is 3. The third kappa shape index (κ3) is 8.53. The van der Waals surface area contributed by atoms with Crippen molar-refractivity contribution in [2.75, 3.05) is 44.2 Å². The molecule has 0 bridgehead atoms. The van der Waals surface area contributed by atoms with E-state index in [-0.39, 0.29) is 56.1 Å². The smallest absolute Gasteiger partial charge is 0.410 e. The Morgan fingerprint density at radius 2 is 1.75 bits per heavy atom. The number of benzene rings is 2. The highest BCUT2D eigenvalue weighted by Gasteiger charge is 2.35. The summed E-state index contributed by atoms with van der Waals surface area (Å²) in [5.41, 5.74) is 1.70. The fourth-order valence-electron chi connectivity index (χ4n) is 6.73. The van der Waals surface area contributed by atoms with Gasteiger partial charge >= 0.3 is 6.09 Å². The highest BCUT2D eigenvalue weighted by atomic mass is 19.3. The second kappa shape index (κ2) is 16.8. The Morgan fingerprint density at radius 3 is 2.51 bits per heavy atom. The Morgan fingerprint density at radius 1 is 0.943 bits per heavy atom. The Hall–Kier alpha value is -5.66. The van der Waals surface area contributed by atoms with Gasteiger partial charge in [0.15, 0.2) is 5.69 Å². The van der Waals surface area contributed by atoms with Gasteiger partial charge in [0.05, 0.1) is 23.6 Å². The first-order chi connectivity index (χ1) is 25.7. The van der Waals surface area contributed by atoms with Crippen LogP contribution in [0.15, 0.2) is 79.0 Å². The van der Waals surface area contributed by atoms with E-state index < -0.39 is 35.7 Å². The van der Waals surface area contributed by atoms with Gasteiger partial charge in [-0.2, -0.15) is 0 Å². The van der Waals surface area contributed by atoms with Crippen LogP contribution in [0.5, 0.6) is 5.88 Å². The summed E-state index contributed by atoms with van der Waals surface area (Å²) in [5.74, 6) is -1.54. The minimum Gasteiger partial charge on any atom is -0.477 e. The van der Waals surface area contributed by atoms with Crippen molar-refractivity contribution in [3.05, 3.63) is 107 Å². The van der Waals surface area contributed by atoms with Gasteiger partial charge in [0.1, 0.15) is 12.4 Å². The maximum Gasteiger partial charge on any atom is 0.410 e. The molecule has 6 rings (SSSR count). The van der Waals surface area contributed by atoms with E-state index in [0.29, 0.717) is 54.9 Å². The zero-order valence-electron chi connectivity index (χ0n) is 29.5. The molecule has 0 unspecified atom stereocenters. The molecule has 3 amide bonds. The number of nitrogens with one attached hydrogen (secondary N) is 1. The van der Waals surface area contributed by atoms with Gasteiger partial charge in [0.2, 0.25) is 5.88 Å². The number of amides is 3. The predicted octanol–water partition coefficient (Wildman–Crippen LogP) is 6.50. The molecule has 2 aromatic carbocycles. The van der Waals surface area contributed by atoms with Gasteiger partial charge in [-0.05, 0) is 67.8 Å². The van der Waals surface area contributed by atoms with Gasteiger partial charge in [-0.3, -0.25) is 9.59 Å². The summed E-state index contributed by atoms with van der Waals surface area (Å²) < 4.78 is 52.6. The van der Waals surface area contributed by atoms with Crippen molar-refractivity contribution in [2.45, 2.75) is 51.8 Å². The number of rotatable bonds is 11. The normalized spacial score (nSPS) is 17.2. The van der Waals surface area contributed by atoms with E-state index in [1.165, 1.54) is 4.90 Å². The van der Waals surface area contributed by atoms with Crippen LogP contribution in [0.25, 0.3) is 11.3 Å². The molecular formula is C39H41F3N6O5. The number of hydrogen-bond acceptors (Lipinski definition) is 8. The lowest BCUT2D eigenvalue weighted by atomic mass is 10.0. The number of hydrogen-bond donors (Lipinski definition) is 1. The number of ether oxygens (including phenoxy) is 2. The molecule has 2 aliphatic rings. The third-order valence-corrected chi connectivity index (χ3v) is 9.43. The second-order valence-electron chi connectivity index (χ2n) is 12.8.